The summed E-state index contributed by atoms with van der Waals surface area (Å²) in [5.41, 5.74) is 1.13. The van der Waals surface area contributed by atoms with Crippen molar-refractivity contribution in [1.29, 1.82) is 0 Å². The Morgan fingerprint density at radius 2 is 1.80 bits per heavy atom. The first-order valence-electron chi connectivity index (χ1n) is 4.00. The van der Waals surface area contributed by atoms with Gasteiger partial charge in [0.1, 0.15) is 9.33 Å². The smallest absolute Gasteiger partial charge is 0.351 e. The molecule has 0 spiro atoms. The van der Waals surface area contributed by atoms with Gasteiger partial charge in [0.05, 0.1) is 2.49 Å². The summed E-state index contributed by atoms with van der Waals surface area (Å²) in [6.45, 7) is 1.98. The number of ether oxygens (including phenoxy) is 1. The predicted octanol–water partition coefficient (Wildman–Crippen LogP) is 4.33. The van der Waals surface area contributed by atoms with Gasteiger partial charge >= 0.3 is 5.97 Å². The Labute approximate surface area is 124 Å². The molecule has 0 aliphatic heterocycles. The third-order valence-corrected chi connectivity index (χ3v) is 5.27. The average Bonchev–Trinajstić information content (AvgIpc) is 2.20. The molecule has 0 N–H and O–H groups in total. The molecule has 5 heteroatoms. The molecule has 0 bridgehead atoms. The van der Waals surface area contributed by atoms with Crippen LogP contribution in [0.25, 0.3) is 0 Å². The van der Waals surface area contributed by atoms with E-state index in [0.29, 0.717) is 9.33 Å². The molecule has 0 saturated heterocycles. The highest BCUT2D eigenvalue weighted by Crippen LogP contribution is 2.26. The maximum atomic E-state index is 11.5. The van der Waals surface area contributed by atoms with Gasteiger partial charge in [-0.3, -0.25) is 0 Å². The molecule has 0 heterocycles. The Bertz CT molecular complexity index is 394. The van der Waals surface area contributed by atoms with Crippen LogP contribution in [0.1, 0.15) is 5.56 Å². The van der Waals surface area contributed by atoms with E-state index in [4.69, 9.17) is 4.74 Å². The molecule has 0 aliphatic rings. The van der Waals surface area contributed by atoms with Crippen molar-refractivity contribution in [3.8, 4) is 5.75 Å². The minimum atomic E-state index is -0.347. The summed E-state index contributed by atoms with van der Waals surface area (Å²) in [7, 11) is 0. The van der Waals surface area contributed by atoms with Crippen LogP contribution in [0.4, 0.5) is 0 Å². The van der Waals surface area contributed by atoms with Crippen molar-refractivity contribution in [2.45, 2.75) is 6.92 Å². The third-order valence-electron chi connectivity index (χ3n) is 1.58. The summed E-state index contributed by atoms with van der Waals surface area (Å²) in [5.74, 6) is 0.214. The molecular formula is C10H7BrI2O2. The Morgan fingerprint density at radius 1 is 1.27 bits per heavy atom. The minimum Gasteiger partial charge on any atom is -0.423 e. The second-order valence-electron chi connectivity index (χ2n) is 2.78. The van der Waals surface area contributed by atoms with E-state index in [2.05, 4.69) is 15.9 Å². The van der Waals surface area contributed by atoms with Crippen LogP contribution in [-0.2, 0) is 4.79 Å². The fraction of sp³-hybridized carbons (Fsp3) is 0.100. The number of carbonyl (C=O) groups is 1. The second-order valence-corrected chi connectivity index (χ2v) is 7.21. The molecule has 0 aliphatic carbocycles. The van der Waals surface area contributed by atoms with Gasteiger partial charge in [0.2, 0.25) is 0 Å². The lowest BCUT2D eigenvalue weighted by atomic mass is 10.2. The Morgan fingerprint density at radius 3 is 2.27 bits per heavy atom. The maximum absolute atomic E-state index is 11.5. The lowest BCUT2D eigenvalue weighted by Crippen LogP contribution is -2.07. The molecule has 1 aromatic carbocycles. The summed E-state index contributed by atoms with van der Waals surface area (Å²) in [6.07, 6.45) is 0. The van der Waals surface area contributed by atoms with Crippen LogP contribution < -0.4 is 4.74 Å². The van der Waals surface area contributed by atoms with Gasteiger partial charge in [-0.2, -0.15) is 0 Å². The predicted molar refractivity (Wildman–Crippen MR) is 80.8 cm³/mol. The number of carbonyl (C=O) groups excluding carboxylic acids is 1. The molecule has 1 rings (SSSR count). The SMILES string of the molecule is Cc1ccc(OC(=O)C(I)=C(Br)I)cc1. The summed E-state index contributed by atoms with van der Waals surface area (Å²) >= 11 is 7.18. The van der Waals surface area contributed by atoms with Gasteiger partial charge in [-0.25, -0.2) is 4.79 Å². The molecule has 0 amide bonds. The number of rotatable bonds is 2. The van der Waals surface area contributed by atoms with E-state index in [0.717, 1.165) is 8.05 Å². The second kappa shape index (κ2) is 6.19. The number of aryl methyl sites for hydroxylation is 1. The Hall–Kier alpha value is 0.370. The van der Waals surface area contributed by atoms with Crippen LogP contribution in [0, 0.1) is 6.92 Å². The average molecular weight is 493 g/mol. The van der Waals surface area contributed by atoms with E-state index in [1.165, 1.54) is 0 Å². The first-order valence-corrected chi connectivity index (χ1v) is 6.95. The standard InChI is InChI=1S/C10H7BrI2O2/c1-6-2-4-7(5-3-6)15-10(14)8(12)9(11)13/h2-5H,1H3. The largest absolute Gasteiger partial charge is 0.423 e. The molecule has 15 heavy (non-hydrogen) atoms. The van der Waals surface area contributed by atoms with Crippen LogP contribution >= 0.6 is 61.1 Å². The topological polar surface area (TPSA) is 26.3 Å². The van der Waals surface area contributed by atoms with Crippen LogP contribution in [0.2, 0.25) is 0 Å². The maximum Gasteiger partial charge on any atom is 0.351 e. The van der Waals surface area contributed by atoms with E-state index in [1.54, 1.807) is 12.1 Å². The molecule has 0 radical (unpaired) electrons. The molecule has 0 unspecified atom stereocenters. The van der Waals surface area contributed by atoms with Gasteiger partial charge in [-0.15, -0.1) is 0 Å². The fourth-order valence-corrected chi connectivity index (χ4v) is 1.33. The van der Waals surface area contributed by atoms with E-state index >= 15 is 0 Å². The van der Waals surface area contributed by atoms with E-state index in [1.807, 2.05) is 64.2 Å². The van der Waals surface area contributed by atoms with E-state index in [9.17, 15) is 4.79 Å². The van der Waals surface area contributed by atoms with Crippen molar-refractivity contribution in [1.82, 2.24) is 0 Å². The quantitative estimate of drug-likeness (QED) is 0.266. The van der Waals surface area contributed by atoms with Gasteiger partial charge in [0.15, 0.2) is 0 Å². The number of benzene rings is 1. The number of hydrogen-bond acceptors (Lipinski definition) is 2. The van der Waals surface area contributed by atoms with Crippen molar-refractivity contribution in [2.24, 2.45) is 0 Å². The normalized spacial score (nSPS) is 12.0. The van der Waals surface area contributed by atoms with E-state index in [-0.39, 0.29) is 5.97 Å². The van der Waals surface area contributed by atoms with E-state index < -0.39 is 0 Å². The summed E-state index contributed by atoms with van der Waals surface area (Å²) < 4.78 is 6.44. The first-order chi connectivity index (χ1) is 7.00. The highest BCUT2D eigenvalue weighted by Gasteiger charge is 2.11. The van der Waals surface area contributed by atoms with Crippen LogP contribution in [0.5, 0.6) is 5.75 Å². The monoisotopic (exact) mass is 492 g/mol. The summed E-state index contributed by atoms with van der Waals surface area (Å²) in [6, 6.07) is 7.35. The van der Waals surface area contributed by atoms with Crippen molar-refractivity contribution in [2.75, 3.05) is 0 Å². The van der Waals surface area contributed by atoms with Gasteiger partial charge in [-0.1, -0.05) is 17.7 Å². The zero-order valence-electron chi connectivity index (χ0n) is 7.76. The van der Waals surface area contributed by atoms with Gasteiger partial charge in [-0.05, 0) is 80.2 Å². The Balaban J connectivity index is 2.75. The fourth-order valence-electron chi connectivity index (χ4n) is 0.835. The zero-order valence-corrected chi connectivity index (χ0v) is 13.7. The highest BCUT2D eigenvalue weighted by molar-refractivity contribution is 14.1. The number of halogens is 3. The molecular weight excluding hydrogens is 486 g/mol. The molecule has 0 aromatic heterocycles. The molecule has 2 nitrogen and oxygen atoms in total. The summed E-state index contributed by atoms with van der Waals surface area (Å²) in [5, 5.41) is 0. The highest BCUT2D eigenvalue weighted by atomic mass is 127. The van der Waals surface area contributed by atoms with Crippen molar-refractivity contribution < 1.29 is 9.53 Å². The van der Waals surface area contributed by atoms with Crippen molar-refractivity contribution >= 4 is 67.1 Å². The minimum absolute atomic E-state index is 0.347. The summed E-state index contributed by atoms with van der Waals surface area (Å²) in [4.78, 5) is 11.5. The lowest BCUT2D eigenvalue weighted by molar-refractivity contribution is -0.129. The third kappa shape index (κ3) is 4.39. The molecule has 0 fully saturated rings. The zero-order chi connectivity index (χ0) is 11.4. The van der Waals surface area contributed by atoms with Crippen LogP contribution in [-0.4, -0.2) is 5.97 Å². The molecule has 1 aromatic rings. The van der Waals surface area contributed by atoms with Crippen molar-refractivity contribution in [3.63, 3.8) is 0 Å². The molecule has 80 valence electrons. The Kier molecular flexibility index (Phi) is 5.54. The van der Waals surface area contributed by atoms with Crippen molar-refractivity contribution in [3.05, 3.63) is 35.9 Å². The van der Waals surface area contributed by atoms with Gasteiger partial charge in [0.25, 0.3) is 0 Å². The number of esters is 1. The van der Waals surface area contributed by atoms with Gasteiger partial charge < -0.3 is 4.74 Å². The van der Waals surface area contributed by atoms with Crippen LogP contribution in [0.15, 0.2) is 30.3 Å². The van der Waals surface area contributed by atoms with Crippen LogP contribution in [0.3, 0.4) is 0 Å². The first kappa shape index (κ1) is 13.4. The number of hydrogen-bond donors (Lipinski definition) is 0. The lowest BCUT2D eigenvalue weighted by Gasteiger charge is -2.03. The molecule has 0 atom stereocenters. The molecule has 0 saturated carbocycles. The van der Waals surface area contributed by atoms with Gasteiger partial charge in [0, 0.05) is 0 Å².